The maximum absolute atomic E-state index is 9.04. The summed E-state index contributed by atoms with van der Waals surface area (Å²) in [5.74, 6) is 0. The Morgan fingerprint density at radius 2 is 2.60 bits per heavy atom. The molecule has 1 heterocycles. The predicted octanol–water partition coefficient (Wildman–Crippen LogP) is 0.677. The third-order valence-corrected chi connectivity index (χ3v) is 1.66. The van der Waals surface area contributed by atoms with Crippen molar-refractivity contribution in [3.05, 3.63) is 11.6 Å². The molecule has 1 aliphatic rings. The standard InChI is InChI=1S/C8H15NO/c1-7(10)5-8-3-2-4-9-6-8/h3,7,9-10H,2,4-6H2,1H3. The van der Waals surface area contributed by atoms with E-state index in [2.05, 4.69) is 11.4 Å². The molecule has 1 atom stereocenters. The van der Waals surface area contributed by atoms with Crippen molar-refractivity contribution in [2.45, 2.75) is 25.9 Å². The third-order valence-electron chi connectivity index (χ3n) is 1.66. The highest BCUT2D eigenvalue weighted by Crippen LogP contribution is 2.07. The van der Waals surface area contributed by atoms with Gasteiger partial charge < -0.3 is 10.4 Å². The van der Waals surface area contributed by atoms with Gasteiger partial charge in [0.15, 0.2) is 0 Å². The molecule has 1 unspecified atom stereocenters. The van der Waals surface area contributed by atoms with E-state index in [-0.39, 0.29) is 6.10 Å². The molecule has 1 aliphatic heterocycles. The molecule has 0 aromatic rings. The molecule has 0 saturated carbocycles. The molecule has 0 amide bonds. The lowest BCUT2D eigenvalue weighted by molar-refractivity contribution is 0.194. The molecule has 0 fully saturated rings. The van der Waals surface area contributed by atoms with Crippen LogP contribution in [0, 0.1) is 0 Å². The van der Waals surface area contributed by atoms with Gasteiger partial charge in [-0.3, -0.25) is 0 Å². The first kappa shape index (κ1) is 7.76. The Balaban J connectivity index is 2.31. The summed E-state index contributed by atoms with van der Waals surface area (Å²) in [4.78, 5) is 0. The molecule has 2 heteroatoms. The van der Waals surface area contributed by atoms with Crippen molar-refractivity contribution < 1.29 is 5.11 Å². The predicted molar refractivity (Wildman–Crippen MR) is 41.9 cm³/mol. The summed E-state index contributed by atoms with van der Waals surface area (Å²) in [6, 6.07) is 0. The van der Waals surface area contributed by atoms with Crippen molar-refractivity contribution in [1.82, 2.24) is 5.32 Å². The second kappa shape index (κ2) is 3.74. The fourth-order valence-corrected chi connectivity index (χ4v) is 1.23. The van der Waals surface area contributed by atoms with E-state index in [4.69, 9.17) is 5.11 Å². The van der Waals surface area contributed by atoms with Crippen LogP contribution in [0.3, 0.4) is 0 Å². The topological polar surface area (TPSA) is 32.3 Å². The normalized spacial score (nSPS) is 22.0. The molecular weight excluding hydrogens is 126 g/mol. The largest absolute Gasteiger partial charge is 0.393 e. The van der Waals surface area contributed by atoms with Crippen LogP contribution in [-0.4, -0.2) is 24.3 Å². The monoisotopic (exact) mass is 141 g/mol. The summed E-state index contributed by atoms with van der Waals surface area (Å²) in [5.41, 5.74) is 1.35. The molecule has 0 spiro atoms. The molecule has 0 aromatic heterocycles. The van der Waals surface area contributed by atoms with Gasteiger partial charge in [0.05, 0.1) is 6.10 Å². The van der Waals surface area contributed by atoms with Crippen LogP contribution in [0.1, 0.15) is 19.8 Å². The van der Waals surface area contributed by atoms with E-state index >= 15 is 0 Å². The summed E-state index contributed by atoms with van der Waals surface area (Å²) >= 11 is 0. The number of rotatable bonds is 2. The van der Waals surface area contributed by atoms with Gasteiger partial charge in [-0.2, -0.15) is 0 Å². The quantitative estimate of drug-likeness (QED) is 0.554. The SMILES string of the molecule is CC(O)CC1=CCCNC1. The second-order valence-electron chi connectivity index (χ2n) is 2.88. The Morgan fingerprint density at radius 1 is 1.80 bits per heavy atom. The van der Waals surface area contributed by atoms with E-state index in [9.17, 15) is 0 Å². The van der Waals surface area contributed by atoms with Gasteiger partial charge in [-0.1, -0.05) is 11.6 Å². The van der Waals surface area contributed by atoms with E-state index < -0.39 is 0 Å². The molecule has 1 rings (SSSR count). The van der Waals surface area contributed by atoms with E-state index in [1.807, 2.05) is 6.92 Å². The van der Waals surface area contributed by atoms with E-state index in [0.717, 1.165) is 25.9 Å². The Bertz CT molecular complexity index is 129. The molecule has 2 N–H and O–H groups in total. The van der Waals surface area contributed by atoms with Crippen LogP contribution in [-0.2, 0) is 0 Å². The lowest BCUT2D eigenvalue weighted by Crippen LogP contribution is -2.23. The van der Waals surface area contributed by atoms with Crippen molar-refractivity contribution in [1.29, 1.82) is 0 Å². The summed E-state index contributed by atoms with van der Waals surface area (Å²) in [5, 5.41) is 12.3. The molecule has 2 nitrogen and oxygen atoms in total. The smallest absolute Gasteiger partial charge is 0.0549 e. The summed E-state index contributed by atoms with van der Waals surface area (Å²) < 4.78 is 0. The zero-order valence-corrected chi connectivity index (χ0v) is 6.43. The van der Waals surface area contributed by atoms with Crippen molar-refractivity contribution in [2.24, 2.45) is 0 Å². The Morgan fingerprint density at radius 3 is 3.10 bits per heavy atom. The summed E-state index contributed by atoms with van der Waals surface area (Å²) in [7, 11) is 0. The van der Waals surface area contributed by atoms with E-state index in [1.165, 1.54) is 5.57 Å². The molecule has 0 radical (unpaired) electrons. The van der Waals surface area contributed by atoms with Crippen LogP contribution in [0.4, 0.5) is 0 Å². The Labute approximate surface area is 61.9 Å². The lowest BCUT2D eigenvalue weighted by Gasteiger charge is -2.14. The minimum absolute atomic E-state index is 0.189. The highest BCUT2D eigenvalue weighted by molar-refractivity contribution is 5.08. The zero-order chi connectivity index (χ0) is 7.40. The van der Waals surface area contributed by atoms with Gasteiger partial charge >= 0.3 is 0 Å². The average molecular weight is 141 g/mol. The fraction of sp³-hybridized carbons (Fsp3) is 0.750. The first-order valence-electron chi connectivity index (χ1n) is 3.85. The van der Waals surface area contributed by atoms with Gasteiger partial charge in [0.25, 0.3) is 0 Å². The second-order valence-corrected chi connectivity index (χ2v) is 2.88. The minimum Gasteiger partial charge on any atom is -0.393 e. The number of hydrogen-bond acceptors (Lipinski definition) is 2. The van der Waals surface area contributed by atoms with Gasteiger partial charge in [0, 0.05) is 6.54 Å². The lowest BCUT2D eigenvalue weighted by atomic mass is 10.1. The van der Waals surface area contributed by atoms with E-state index in [0.29, 0.717) is 0 Å². The molecular formula is C8H15NO. The van der Waals surface area contributed by atoms with Gasteiger partial charge in [0.2, 0.25) is 0 Å². The van der Waals surface area contributed by atoms with Gasteiger partial charge in [-0.15, -0.1) is 0 Å². The van der Waals surface area contributed by atoms with Crippen molar-refractivity contribution in [2.75, 3.05) is 13.1 Å². The number of hydrogen-bond donors (Lipinski definition) is 2. The third kappa shape index (κ3) is 2.50. The molecule has 10 heavy (non-hydrogen) atoms. The van der Waals surface area contributed by atoms with Crippen LogP contribution in [0.25, 0.3) is 0 Å². The minimum atomic E-state index is -0.189. The number of aliphatic hydroxyl groups is 1. The molecule has 0 bridgehead atoms. The van der Waals surface area contributed by atoms with Crippen molar-refractivity contribution in [3.63, 3.8) is 0 Å². The van der Waals surface area contributed by atoms with Crippen LogP contribution >= 0.6 is 0 Å². The highest BCUT2D eigenvalue weighted by Gasteiger charge is 2.04. The molecule has 0 saturated heterocycles. The first-order chi connectivity index (χ1) is 4.79. The van der Waals surface area contributed by atoms with Gasteiger partial charge in [-0.05, 0) is 26.3 Å². The Hall–Kier alpha value is -0.340. The fourth-order valence-electron chi connectivity index (χ4n) is 1.23. The highest BCUT2D eigenvalue weighted by atomic mass is 16.3. The Kier molecular flexibility index (Phi) is 2.90. The van der Waals surface area contributed by atoms with Crippen LogP contribution in [0.2, 0.25) is 0 Å². The van der Waals surface area contributed by atoms with E-state index in [1.54, 1.807) is 0 Å². The number of nitrogens with one attached hydrogen (secondary N) is 1. The molecule has 0 aliphatic carbocycles. The van der Waals surface area contributed by atoms with Crippen molar-refractivity contribution >= 4 is 0 Å². The van der Waals surface area contributed by atoms with Crippen LogP contribution in [0.5, 0.6) is 0 Å². The average Bonchev–Trinajstić information content (AvgIpc) is 1.88. The maximum Gasteiger partial charge on any atom is 0.0549 e. The number of aliphatic hydroxyl groups excluding tert-OH is 1. The summed E-state index contributed by atoms with van der Waals surface area (Å²) in [6.45, 7) is 3.88. The van der Waals surface area contributed by atoms with Crippen LogP contribution in [0.15, 0.2) is 11.6 Å². The van der Waals surface area contributed by atoms with Crippen LogP contribution < -0.4 is 5.32 Å². The maximum atomic E-state index is 9.04. The first-order valence-corrected chi connectivity index (χ1v) is 3.85. The zero-order valence-electron chi connectivity index (χ0n) is 6.43. The molecule has 0 aromatic carbocycles. The summed E-state index contributed by atoms with van der Waals surface area (Å²) in [6.07, 6.45) is 3.98. The van der Waals surface area contributed by atoms with Crippen molar-refractivity contribution in [3.8, 4) is 0 Å². The van der Waals surface area contributed by atoms with Gasteiger partial charge in [-0.25, -0.2) is 0 Å². The molecule has 58 valence electrons. The van der Waals surface area contributed by atoms with Gasteiger partial charge in [0.1, 0.15) is 0 Å².